The van der Waals surface area contributed by atoms with Gasteiger partial charge in [0.05, 0.1) is 0 Å². The molecule has 1 unspecified atom stereocenters. The molecule has 1 aliphatic carbocycles. The summed E-state index contributed by atoms with van der Waals surface area (Å²) in [6.45, 7) is 6.78. The van der Waals surface area contributed by atoms with Gasteiger partial charge in [0.2, 0.25) is 5.91 Å². The van der Waals surface area contributed by atoms with E-state index in [-0.39, 0.29) is 5.91 Å². The van der Waals surface area contributed by atoms with E-state index in [2.05, 4.69) is 32.2 Å². The van der Waals surface area contributed by atoms with Crippen LogP contribution in [0.3, 0.4) is 0 Å². The number of hydrogen-bond acceptors (Lipinski definition) is 1. The molecule has 0 fully saturated rings. The van der Waals surface area contributed by atoms with E-state index in [1.165, 1.54) is 12.0 Å². The molecule has 1 aliphatic rings. The van der Waals surface area contributed by atoms with Crippen molar-refractivity contribution in [1.82, 2.24) is 5.32 Å². The molecule has 1 N–H and O–H groups in total. The van der Waals surface area contributed by atoms with Crippen LogP contribution in [0, 0.1) is 11.3 Å². The largest absolute Gasteiger partial charge is 0.359 e. The molecule has 0 aromatic rings. The monoisotopic (exact) mass is 195 g/mol. The number of rotatable bonds is 2. The Morgan fingerprint density at radius 1 is 1.64 bits per heavy atom. The molecule has 1 rings (SSSR count). The lowest BCUT2D eigenvalue weighted by atomic mass is 9.73. The fourth-order valence-corrected chi connectivity index (χ4v) is 2.49. The summed E-state index contributed by atoms with van der Waals surface area (Å²) in [6.07, 6.45) is 5.12. The van der Waals surface area contributed by atoms with Crippen LogP contribution < -0.4 is 5.32 Å². The molecule has 0 aromatic heterocycles. The lowest BCUT2D eigenvalue weighted by molar-refractivity contribution is -0.120. The molecule has 0 saturated carbocycles. The molecule has 0 saturated heterocycles. The molecule has 1 atom stereocenters. The van der Waals surface area contributed by atoms with Crippen LogP contribution in [0.1, 0.15) is 40.0 Å². The fraction of sp³-hybridized carbons (Fsp3) is 0.750. The zero-order valence-corrected chi connectivity index (χ0v) is 9.68. The summed E-state index contributed by atoms with van der Waals surface area (Å²) >= 11 is 0. The van der Waals surface area contributed by atoms with Crippen molar-refractivity contribution in [3.63, 3.8) is 0 Å². The van der Waals surface area contributed by atoms with Gasteiger partial charge in [0, 0.05) is 13.5 Å². The first-order chi connectivity index (χ1) is 6.43. The van der Waals surface area contributed by atoms with Gasteiger partial charge >= 0.3 is 0 Å². The summed E-state index contributed by atoms with van der Waals surface area (Å²) in [7, 11) is 1.69. The smallest absolute Gasteiger partial charge is 0.223 e. The SMILES string of the molecule is CNC(=O)CC1=CC(C)CC(C)(C)C1. The van der Waals surface area contributed by atoms with E-state index in [1.54, 1.807) is 7.05 Å². The van der Waals surface area contributed by atoms with E-state index in [4.69, 9.17) is 0 Å². The van der Waals surface area contributed by atoms with Crippen LogP contribution in [-0.2, 0) is 4.79 Å². The third kappa shape index (κ3) is 3.17. The van der Waals surface area contributed by atoms with Gasteiger partial charge in [0.15, 0.2) is 0 Å². The number of nitrogens with one attached hydrogen (secondary N) is 1. The Labute approximate surface area is 86.8 Å². The molecular weight excluding hydrogens is 174 g/mol. The lowest BCUT2D eigenvalue weighted by Gasteiger charge is -2.33. The van der Waals surface area contributed by atoms with Gasteiger partial charge in [-0.2, -0.15) is 0 Å². The fourth-order valence-electron chi connectivity index (χ4n) is 2.49. The summed E-state index contributed by atoms with van der Waals surface area (Å²) in [6, 6.07) is 0. The second-order valence-electron chi connectivity index (χ2n) is 5.20. The summed E-state index contributed by atoms with van der Waals surface area (Å²) in [5, 5.41) is 2.67. The normalized spacial score (nSPS) is 25.4. The number of carbonyl (C=O) groups excluding carboxylic acids is 1. The van der Waals surface area contributed by atoms with Gasteiger partial charge in [0.25, 0.3) is 0 Å². The molecule has 0 bridgehead atoms. The minimum Gasteiger partial charge on any atom is -0.359 e. The predicted octanol–water partition coefficient (Wildman–Crippen LogP) is 2.51. The summed E-state index contributed by atoms with van der Waals surface area (Å²) in [5.41, 5.74) is 1.66. The molecule has 2 nitrogen and oxygen atoms in total. The van der Waals surface area contributed by atoms with Gasteiger partial charge in [-0.3, -0.25) is 4.79 Å². The van der Waals surface area contributed by atoms with E-state index in [1.807, 2.05) is 0 Å². The van der Waals surface area contributed by atoms with E-state index in [9.17, 15) is 4.79 Å². The van der Waals surface area contributed by atoms with Crippen molar-refractivity contribution in [2.24, 2.45) is 11.3 Å². The van der Waals surface area contributed by atoms with Crippen LogP contribution >= 0.6 is 0 Å². The second kappa shape index (κ2) is 4.16. The van der Waals surface area contributed by atoms with Crippen LogP contribution in [-0.4, -0.2) is 13.0 Å². The molecular formula is C12H21NO. The molecule has 0 spiro atoms. The number of allylic oxidation sites excluding steroid dienone is 1. The number of amides is 1. The van der Waals surface area contributed by atoms with Gasteiger partial charge in [-0.25, -0.2) is 0 Å². The van der Waals surface area contributed by atoms with E-state index < -0.39 is 0 Å². The standard InChI is InChI=1S/C12H21NO/c1-9-5-10(6-11(14)13-4)8-12(2,3)7-9/h5,9H,6-8H2,1-4H3,(H,13,14). The quantitative estimate of drug-likeness (QED) is 0.674. The summed E-state index contributed by atoms with van der Waals surface area (Å²) < 4.78 is 0. The maximum atomic E-state index is 11.2. The van der Waals surface area contributed by atoms with Crippen LogP contribution in [0.2, 0.25) is 0 Å². The Balaban J connectivity index is 2.65. The molecule has 2 heteroatoms. The highest BCUT2D eigenvalue weighted by molar-refractivity contribution is 5.78. The molecule has 0 aromatic carbocycles. The van der Waals surface area contributed by atoms with Gasteiger partial charge < -0.3 is 5.32 Å². The highest BCUT2D eigenvalue weighted by atomic mass is 16.1. The third-order valence-corrected chi connectivity index (χ3v) is 2.77. The van der Waals surface area contributed by atoms with Crippen LogP contribution in [0.25, 0.3) is 0 Å². The predicted molar refractivity (Wildman–Crippen MR) is 58.9 cm³/mol. The maximum absolute atomic E-state index is 11.2. The van der Waals surface area contributed by atoms with Gasteiger partial charge in [-0.1, -0.05) is 32.4 Å². The molecule has 1 amide bonds. The van der Waals surface area contributed by atoms with Crippen molar-refractivity contribution in [3.8, 4) is 0 Å². The van der Waals surface area contributed by atoms with Gasteiger partial charge in [0.1, 0.15) is 0 Å². The molecule has 80 valence electrons. The van der Waals surface area contributed by atoms with Crippen molar-refractivity contribution in [1.29, 1.82) is 0 Å². The second-order valence-corrected chi connectivity index (χ2v) is 5.20. The highest BCUT2D eigenvalue weighted by Gasteiger charge is 2.26. The zero-order chi connectivity index (χ0) is 10.8. The van der Waals surface area contributed by atoms with E-state index in [0.29, 0.717) is 17.8 Å². The number of hydrogen-bond donors (Lipinski definition) is 1. The van der Waals surface area contributed by atoms with Crippen LogP contribution in [0.4, 0.5) is 0 Å². The maximum Gasteiger partial charge on any atom is 0.223 e. The minimum atomic E-state index is 0.126. The van der Waals surface area contributed by atoms with Crippen LogP contribution in [0.15, 0.2) is 11.6 Å². The van der Waals surface area contributed by atoms with Crippen molar-refractivity contribution in [3.05, 3.63) is 11.6 Å². The van der Waals surface area contributed by atoms with Crippen molar-refractivity contribution in [2.75, 3.05) is 7.05 Å². The topological polar surface area (TPSA) is 29.1 Å². The minimum absolute atomic E-state index is 0.126. The number of carbonyl (C=O) groups is 1. The molecule has 0 aliphatic heterocycles. The van der Waals surface area contributed by atoms with E-state index >= 15 is 0 Å². The first-order valence-electron chi connectivity index (χ1n) is 5.33. The highest BCUT2D eigenvalue weighted by Crippen LogP contribution is 2.38. The summed E-state index contributed by atoms with van der Waals surface area (Å²) in [5.74, 6) is 0.736. The van der Waals surface area contributed by atoms with Crippen molar-refractivity contribution in [2.45, 2.75) is 40.0 Å². The average Bonchev–Trinajstić information content (AvgIpc) is 1.99. The molecule has 0 heterocycles. The van der Waals surface area contributed by atoms with Crippen LogP contribution in [0.5, 0.6) is 0 Å². The lowest BCUT2D eigenvalue weighted by Crippen LogP contribution is -2.24. The first kappa shape index (κ1) is 11.3. The Morgan fingerprint density at radius 2 is 2.29 bits per heavy atom. The Bertz CT molecular complexity index is 253. The average molecular weight is 195 g/mol. The zero-order valence-electron chi connectivity index (χ0n) is 9.68. The van der Waals surface area contributed by atoms with Crippen molar-refractivity contribution < 1.29 is 4.79 Å². The van der Waals surface area contributed by atoms with E-state index in [0.717, 1.165) is 6.42 Å². The third-order valence-electron chi connectivity index (χ3n) is 2.77. The summed E-state index contributed by atoms with van der Waals surface area (Å²) in [4.78, 5) is 11.2. The van der Waals surface area contributed by atoms with Gasteiger partial charge in [-0.05, 0) is 24.2 Å². The Hall–Kier alpha value is -0.790. The molecule has 14 heavy (non-hydrogen) atoms. The molecule has 0 radical (unpaired) electrons. The first-order valence-corrected chi connectivity index (χ1v) is 5.33. The van der Waals surface area contributed by atoms with Crippen molar-refractivity contribution >= 4 is 5.91 Å². The van der Waals surface area contributed by atoms with Gasteiger partial charge in [-0.15, -0.1) is 0 Å². The Kier molecular flexibility index (Phi) is 3.35. The Morgan fingerprint density at radius 3 is 2.79 bits per heavy atom.